The van der Waals surface area contributed by atoms with E-state index >= 15 is 0 Å². The zero-order chi connectivity index (χ0) is 13.7. The van der Waals surface area contributed by atoms with Crippen LogP contribution in [-0.2, 0) is 22.4 Å². The Morgan fingerprint density at radius 1 is 1.63 bits per heavy atom. The van der Waals surface area contributed by atoms with Crippen LogP contribution in [0.2, 0.25) is 0 Å². The van der Waals surface area contributed by atoms with Gasteiger partial charge in [0, 0.05) is 30.6 Å². The van der Waals surface area contributed by atoms with Gasteiger partial charge in [0.15, 0.2) is 0 Å². The minimum Gasteiger partial charge on any atom is -0.364 e. The quantitative estimate of drug-likeness (QED) is 0.812. The Hall–Kier alpha value is -0.980. The van der Waals surface area contributed by atoms with Crippen LogP contribution in [0.3, 0.4) is 0 Å². The molecular formula is C13H21N3O2S. The third kappa shape index (κ3) is 3.99. The number of rotatable bonds is 6. The van der Waals surface area contributed by atoms with Crippen LogP contribution in [-0.4, -0.2) is 36.2 Å². The first-order valence-corrected chi connectivity index (χ1v) is 7.61. The van der Waals surface area contributed by atoms with Crippen molar-refractivity contribution in [2.24, 2.45) is 5.73 Å². The number of hydrogen-bond donors (Lipinski definition) is 2. The van der Waals surface area contributed by atoms with Gasteiger partial charge in [-0.2, -0.15) is 0 Å². The molecule has 0 bridgehead atoms. The van der Waals surface area contributed by atoms with Gasteiger partial charge in [0.05, 0.1) is 11.1 Å². The smallest absolute Gasteiger partial charge is 0.249 e. The highest BCUT2D eigenvalue weighted by Crippen LogP contribution is 2.19. The van der Waals surface area contributed by atoms with Gasteiger partial charge in [-0.3, -0.25) is 4.79 Å². The van der Waals surface area contributed by atoms with E-state index in [0.717, 1.165) is 30.7 Å². The van der Waals surface area contributed by atoms with Gasteiger partial charge in [-0.1, -0.05) is 6.92 Å². The maximum atomic E-state index is 11.9. The van der Waals surface area contributed by atoms with Crippen LogP contribution < -0.4 is 11.1 Å². The molecule has 0 unspecified atom stereocenters. The highest BCUT2D eigenvalue weighted by atomic mass is 32.1. The van der Waals surface area contributed by atoms with E-state index in [9.17, 15) is 4.79 Å². The third-order valence-electron chi connectivity index (χ3n) is 3.25. The number of hydrogen-bond acceptors (Lipinski definition) is 5. The van der Waals surface area contributed by atoms with Crippen molar-refractivity contribution < 1.29 is 9.53 Å². The van der Waals surface area contributed by atoms with Gasteiger partial charge < -0.3 is 15.8 Å². The van der Waals surface area contributed by atoms with Crippen LogP contribution in [0.4, 0.5) is 0 Å². The molecule has 2 rings (SSSR count). The molecule has 19 heavy (non-hydrogen) atoms. The normalized spacial score (nSPS) is 22.6. The molecule has 0 radical (unpaired) electrons. The summed E-state index contributed by atoms with van der Waals surface area (Å²) in [5.41, 5.74) is 5.52. The lowest BCUT2D eigenvalue weighted by Gasteiger charge is -2.12. The first-order valence-electron chi connectivity index (χ1n) is 6.79. The summed E-state index contributed by atoms with van der Waals surface area (Å²) in [5, 5.41) is 3.98. The van der Waals surface area contributed by atoms with Crippen LogP contribution in [0.15, 0.2) is 6.20 Å². The fourth-order valence-electron chi connectivity index (χ4n) is 2.11. The van der Waals surface area contributed by atoms with Gasteiger partial charge in [-0.25, -0.2) is 4.98 Å². The van der Waals surface area contributed by atoms with E-state index < -0.39 is 0 Å². The number of carbonyl (C=O) groups is 1. The lowest BCUT2D eigenvalue weighted by molar-refractivity contribution is -0.131. The standard InChI is InChI=1S/C13H21N3O2S/c1-2-10-8-16-12(19-10)5-6-15-13(17)11-4-3-9(7-14)18-11/h8-9,11H,2-7,14H2,1H3,(H,15,17)/t9-,11+/m1/s1. The number of ether oxygens (including phenoxy) is 1. The predicted molar refractivity (Wildman–Crippen MR) is 75.2 cm³/mol. The molecule has 1 amide bonds. The predicted octanol–water partition coefficient (Wildman–Crippen LogP) is 0.870. The topological polar surface area (TPSA) is 77.2 Å². The summed E-state index contributed by atoms with van der Waals surface area (Å²) in [4.78, 5) is 17.5. The summed E-state index contributed by atoms with van der Waals surface area (Å²) in [6.07, 6.45) is 5.07. The molecule has 0 saturated carbocycles. The first kappa shape index (κ1) is 14.4. The Kier molecular flexibility index (Phi) is 5.30. The molecular weight excluding hydrogens is 262 g/mol. The van der Waals surface area contributed by atoms with Crippen molar-refractivity contribution in [3.8, 4) is 0 Å². The molecule has 0 aromatic carbocycles. The molecule has 0 spiro atoms. The molecule has 2 atom stereocenters. The Morgan fingerprint density at radius 3 is 3.11 bits per heavy atom. The minimum atomic E-state index is -0.323. The Balaban J connectivity index is 1.69. The maximum absolute atomic E-state index is 11.9. The van der Waals surface area contributed by atoms with E-state index in [-0.39, 0.29) is 18.1 Å². The molecule has 3 N–H and O–H groups in total. The maximum Gasteiger partial charge on any atom is 0.249 e. The van der Waals surface area contributed by atoms with E-state index in [2.05, 4.69) is 17.2 Å². The van der Waals surface area contributed by atoms with Crippen molar-refractivity contribution in [1.82, 2.24) is 10.3 Å². The molecule has 106 valence electrons. The van der Waals surface area contributed by atoms with Crippen molar-refractivity contribution in [2.45, 2.75) is 44.8 Å². The largest absolute Gasteiger partial charge is 0.364 e. The first-order chi connectivity index (χ1) is 9.22. The van der Waals surface area contributed by atoms with Crippen molar-refractivity contribution in [1.29, 1.82) is 0 Å². The van der Waals surface area contributed by atoms with Crippen molar-refractivity contribution in [3.63, 3.8) is 0 Å². The van der Waals surface area contributed by atoms with Crippen LogP contribution in [0.5, 0.6) is 0 Å². The summed E-state index contributed by atoms with van der Waals surface area (Å²) in [6.45, 7) is 3.22. The Bertz CT molecular complexity index is 422. The summed E-state index contributed by atoms with van der Waals surface area (Å²) >= 11 is 1.71. The number of carbonyl (C=O) groups excluding carboxylic acids is 1. The number of amides is 1. The van der Waals surface area contributed by atoms with E-state index in [1.807, 2.05) is 6.20 Å². The molecule has 1 saturated heterocycles. The van der Waals surface area contributed by atoms with Crippen molar-refractivity contribution in [2.75, 3.05) is 13.1 Å². The van der Waals surface area contributed by atoms with Gasteiger partial charge in [-0.15, -0.1) is 11.3 Å². The molecule has 2 heterocycles. The van der Waals surface area contributed by atoms with Crippen LogP contribution in [0.1, 0.15) is 29.7 Å². The molecule has 1 aromatic heterocycles. The molecule has 6 heteroatoms. The zero-order valence-electron chi connectivity index (χ0n) is 11.2. The average Bonchev–Trinajstić information content (AvgIpc) is 3.07. The van der Waals surface area contributed by atoms with Gasteiger partial charge in [-0.05, 0) is 19.3 Å². The number of nitrogens with two attached hydrogens (primary N) is 1. The van der Waals surface area contributed by atoms with Gasteiger partial charge >= 0.3 is 0 Å². The molecule has 1 aliphatic rings. The lowest BCUT2D eigenvalue weighted by atomic mass is 10.2. The molecule has 1 aliphatic heterocycles. The SMILES string of the molecule is CCc1cnc(CCNC(=O)[C@@H]2CC[C@H](CN)O2)s1. The summed E-state index contributed by atoms with van der Waals surface area (Å²) in [5.74, 6) is -0.0248. The number of nitrogens with one attached hydrogen (secondary N) is 1. The number of nitrogens with zero attached hydrogens (tertiary/aromatic N) is 1. The van der Waals surface area contributed by atoms with E-state index in [0.29, 0.717) is 13.1 Å². The van der Waals surface area contributed by atoms with Gasteiger partial charge in [0.25, 0.3) is 0 Å². The van der Waals surface area contributed by atoms with E-state index in [4.69, 9.17) is 10.5 Å². The second-order valence-corrected chi connectivity index (χ2v) is 5.87. The molecule has 1 fully saturated rings. The lowest BCUT2D eigenvalue weighted by Crippen LogP contribution is -2.36. The van der Waals surface area contributed by atoms with Gasteiger partial charge in [0.1, 0.15) is 6.10 Å². The molecule has 1 aromatic rings. The highest BCUT2D eigenvalue weighted by Gasteiger charge is 2.29. The number of aromatic nitrogens is 1. The van der Waals surface area contributed by atoms with E-state index in [1.165, 1.54) is 4.88 Å². The molecule has 5 nitrogen and oxygen atoms in total. The van der Waals surface area contributed by atoms with Crippen LogP contribution >= 0.6 is 11.3 Å². The Morgan fingerprint density at radius 2 is 2.47 bits per heavy atom. The monoisotopic (exact) mass is 283 g/mol. The minimum absolute atomic E-state index is 0.0248. The highest BCUT2D eigenvalue weighted by molar-refractivity contribution is 7.11. The summed E-state index contributed by atoms with van der Waals surface area (Å²) in [7, 11) is 0. The van der Waals surface area contributed by atoms with Crippen molar-refractivity contribution in [3.05, 3.63) is 16.1 Å². The zero-order valence-corrected chi connectivity index (χ0v) is 12.0. The second-order valence-electron chi connectivity index (χ2n) is 4.67. The second kappa shape index (κ2) is 6.98. The summed E-state index contributed by atoms with van der Waals surface area (Å²) < 4.78 is 5.55. The fourth-order valence-corrected chi connectivity index (χ4v) is 2.97. The van der Waals surface area contributed by atoms with E-state index in [1.54, 1.807) is 11.3 Å². The Labute approximate surface area is 117 Å². The van der Waals surface area contributed by atoms with Crippen molar-refractivity contribution >= 4 is 17.2 Å². The average molecular weight is 283 g/mol. The third-order valence-corrected chi connectivity index (χ3v) is 4.45. The number of aryl methyl sites for hydroxylation is 1. The van der Waals surface area contributed by atoms with Crippen LogP contribution in [0.25, 0.3) is 0 Å². The fraction of sp³-hybridized carbons (Fsp3) is 0.692. The van der Waals surface area contributed by atoms with Crippen LogP contribution in [0, 0.1) is 0 Å². The summed E-state index contributed by atoms with van der Waals surface area (Å²) in [6, 6.07) is 0. The molecule has 0 aliphatic carbocycles. The van der Waals surface area contributed by atoms with Gasteiger partial charge in [0.2, 0.25) is 5.91 Å². The number of thiazole rings is 1.